The summed E-state index contributed by atoms with van der Waals surface area (Å²) in [7, 11) is 0. The summed E-state index contributed by atoms with van der Waals surface area (Å²) in [6.07, 6.45) is 0. The van der Waals surface area contributed by atoms with Crippen LogP contribution >= 0.6 is 0 Å². The van der Waals surface area contributed by atoms with Gasteiger partial charge in [0.1, 0.15) is 0 Å². The molecule has 3 nitrogen and oxygen atoms in total. The van der Waals surface area contributed by atoms with Gasteiger partial charge in [0.25, 0.3) is 0 Å². The second-order valence-corrected chi connectivity index (χ2v) is 3.09. The molecule has 70 valence electrons. The molecule has 3 heteroatoms. The van der Waals surface area contributed by atoms with Crippen molar-refractivity contribution in [2.75, 3.05) is 5.73 Å². The Balaban J connectivity index is 2.71. The van der Waals surface area contributed by atoms with E-state index < -0.39 is 0 Å². The second-order valence-electron chi connectivity index (χ2n) is 3.09. The summed E-state index contributed by atoms with van der Waals surface area (Å²) >= 11 is 0. The molecule has 0 aliphatic heterocycles. The number of amides is 1. The molecule has 0 saturated carbocycles. The van der Waals surface area contributed by atoms with Crippen LogP contribution in [0.15, 0.2) is 24.3 Å². The Labute approximate surface area is 77.9 Å². The van der Waals surface area contributed by atoms with Crippen LogP contribution in [-0.2, 0) is 4.79 Å². The van der Waals surface area contributed by atoms with Gasteiger partial charge < -0.3 is 11.1 Å². The van der Waals surface area contributed by atoms with E-state index in [1.54, 1.807) is 0 Å². The van der Waals surface area contributed by atoms with Crippen molar-refractivity contribution in [2.45, 2.75) is 19.9 Å². The van der Waals surface area contributed by atoms with E-state index in [-0.39, 0.29) is 11.9 Å². The minimum Gasteiger partial charge on any atom is -0.399 e. The van der Waals surface area contributed by atoms with Crippen LogP contribution < -0.4 is 11.1 Å². The Morgan fingerprint density at radius 2 is 1.92 bits per heavy atom. The van der Waals surface area contributed by atoms with Crippen molar-refractivity contribution in [2.24, 2.45) is 0 Å². The minimum atomic E-state index is -0.0238. The zero-order valence-corrected chi connectivity index (χ0v) is 7.87. The number of nitrogens with one attached hydrogen (secondary N) is 1. The lowest BCUT2D eigenvalue weighted by atomic mass is 10.1. The maximum Gasteiger partial charge on any atom is 0.217 e. The van der Waals surface area contributed by atoms with E-state index in [0.29, 0.717) is 0 Å². The molecule has 3 N–H and O–H groups in total. The van der Waals surface area contributed by atoms with Gasteiger partial charge in [0.05, 0.1) is 6.04 Å². The lowest BCUT2D eigenvalue weighted by molar-refractivity contribution is -0.119. The second kappa shape index (κ2) is 3.94. The Morgan fingerprint density at radius 3 is 2.38 bits per heavy atom. The Kier molecular flexibility index (Phi) is 2.90. The van der Waals surface area contributed by atoms with Gasteiger partial charge in [0.15, 0.2) is 0 Å². The maximum atomic E-state index is 10.8. The molecule has 0 aliphatic carbocycles. The number of hydrogen-bond acceptors (Lipinski definition) is 2. The summed E-state index contributed by atoms with van der Waals surface area (Å²) in [5.74, 6) is -0.0238. The smallest absolute Gasteiger partial charge is 0.217 e. The summed E-state index contributed by atoms with van der Waals surface area (Å²) < 4.78 is 0. The summed E-state index contributed by atoms with van der Waals surface area (Å²) in [6.45, 7) is 3.45. The number of carbonyl (C=O) groups excluding carboxylic acids is 1. The Morgan fingerprint density at radius 1 is 1.38 bits per heavy atom. The van der Waals surface area contributed by atoms with Gasteiger partial charge in [-0.3, -0.25) is 4.79 Å². The highest BCUT2D eigenvalue weighted by Gasteiger charge is 2.04. The number of nitrogens with two attached hydrogens (primary N) is 1. The van der Waals surface area contributed by atoms with Crippen LogP contribution in [0.3, 0.4) is 0 Å². The van der Waals surface area contributed by atoms with E-state index in [4.69, 9.17) is 5.73 Å². The third kappa shape index (κ3) is 2.78. The third-order valence-electron chi connectivity index (χ3n) is 1.86. The van der Waals surface area contributed by atoms with E-state index >= 15 is 0 Å². The van der Waals surface area contributed by atoms with E-state index in [0.717, 1.165) is 11.3 Å². The van der Waals surface area contributed by atoms with Gasteiger partial charge in [0, 0.05) is 12.6 Å². The normalized spacial score (nSPS) is 12.2. The van der Waals surface area contributed by atoms with Crippen LogP contribution in [0.4, 0.5) is 5.69 Å². The van der Waals surface area contributed by atoms with E-state index in [1.165, 1.54) is 6.92 Å². The van der Waals surface area contributed by atoms with E-state index in [1.807, 2.05) is 31.2 Å². The van der Waals surface area contributed by atoms with Crippen LogP contribution in [0, 0.1) is 0 Å². The van der Waals surface area contributed by atoms with Crippen molar-refractivity contribution >= 4 is 11.6 Å². The zero-order chi connectivity index (χ0) is 9.84. The summed E-state index contributed by atoms with van der Waals surface area (Å²) in [5.41, 5.74) is 7.34. The maximum absolute atomic E-state index is 10.8. The number of carbonyl (C=O) groups is 1. The molecule has 1 rings (SSSR count). The molecule has 0 spiro atoms. The van der Waals surface area contributed by atoms with Crippen LogP contribution in [0.25, 0.3) is 0 Å². The molecule has 13 heavy (non-hydrogen) atoms. The first-order valence-corrected chi connectivity index (χ1v) is 4.22. The standard InChI is InChI=1S/C10H14N2O/c1-7(12-8(2)13)9-3-5-10(11)6-4-9/h3-7H,11H2,1-2H3,(H,12,13). The molecule has 0 radical (unpaired) electrons. The topological polar surface area (TPSA) is 55.1 Å². The van der Waals surface area contributed by atoms with Crippen LogP contribution in [-0.4, -0.2) is 5.91 Å². The SMILES string of the molecule is CC(=O)NC(C)c1ccc(N)cc1. The quantitative estimate of drug-likeness (QED) is 0.674. The molecular formula is C10H14N2O. The molecule has 1 atom stereocenters. The van der Waals surface area contributed by atoms with Gasteiger partial charge in [0.2, 0.25) is 5.91 Å². The van der Waals surface area contributed by atoms with Gasteiger partial charge in [-0.2, -0.15) is 0 Å². The number of benzene rings is 1. The van der Waals surface area contributed by atoms with Gasteiger partial charge in [-0.25, -0.2) is 0 Å². The van der Waals surface area contributed by atoms with Crippen molar-refractivity contribution in [1.29, 1.82) is 0 Å². The van der Waals surface area contributed by atoms with Crippen molar-refractivity contribution in [3.8, 4) is 0 Å². The predicted molar refractivity (Wildman–Crippen MR) is 53.1 cm³/mol. The van der Waals surface area contributed by atoms with E-state index in [9.17, 15) is 4.79 Å². The highest BCUT2D eigenvalue weighted by molar-refractivity contribution is 5.73. The van der Waals surface area contributed by atoms with Crippen LogP contribution in [0.1, 0.15) is 25.5 Å². The van der Waals surface area contributed by atoms with Crippen molar-refractivity contribution < 1.29 is 4.79 Å². The van der Waals surface area contributed by atoms with E-state index in [2.05, 4.69) is 5.32 Å². The average molecular weight is 178 g/mol. The third-order valence-corrected chi connectivity index (χ3v) is 1.86. The summed E-state index contributed by atoms with van der Waals surface area (Å²) in [4.78, 5) is 10.8. The Bertz CT molecular complexity index is 292. The van der Waals surface area contributed by atoms with Gasteiger partial charge in [-0.05, 0) is 24.6 Å². The zero-order valence-electron chi connectivity index (χ0n) is 7.87. The lowest BCUT2D eigenvalue weighted by Crippen LogP contribution is -2.23. The molecule has 1 unspecified atom stereocenters. The van der Waals surface area contributed by atoms with Crippen molar-refractivity contribution in [3.05, 3.63) is 29.8 Å². The molecule has 1 amide bonds. The highest BCUT2D eigenvalue weighted by Crippen LogP contribution is 2.13. The first-order valence-electron chi connectivity index (χ1n) is 4.22. The number of rotatable bonds is 2. The molecule has 0 heterocycles. The highest BCUT2D eigenvalue weighted by atomic mass is 16.1. The first kappa shape index (κ1) is 9.58. The fourth-order valence-electron chi connectivity index (χ4n) is 1.17. The van der Waals surface area contributed by atoms with Gasteiger partial charge in [-0.15, -0.1) is 0 Å². The van der Waals surface area contributed by atoms with Crippen LogP contribution in [0.2, 0.25) is 0 Å². The largest absolute Gasteiger partial charge is 0.399 e. The molecular weight excluding hydrogens is 164 g/mol. The lowest BCUT2D eigenvalue weighted by Gasteiger charge is -2.12. The molecule has 0 bridgehead atoms. The van der Waals surface area contributed by atoms with Crippen molar-refractivity contribution in [1.82, 2.24) is 5.32 Å². The number of anilines is 1. The predicted octanol–water partition coefficient (Wildman–Crippen LogP) is 1.47. The summed E-state index contributed by atoms with van der Waals surface area (Å²) in [6, 6.07) is 7.52. The first-order chi connectivity index (χ1) is 6.09. The fraction of sp³-hybridized carbons (Fsp3) is 0.300. The minimum absolute atomic E-state index is 0.0238. The number of hydrogen-bond donors (Lipinski definition) is 2. The molecule has 0 aromatic heterocycles. The number of nitrogen functional groups attached to an aromatic ring is 1. The Hall–Kier alpha value is -1.51. The fourth-order valence-corrected chi connectivity index (χ4v) is 1.17. The molecule has 0 aliphatic rings. The molecule has 0 saturated heterocycles. The molecule has 0 fully saturated rings. The molecule has 1 aromatic carbocycles. The van der Waals surface area contributed by atoms with Gasteiger partial charge >= 0.3 is 0 Å². The monoisotopic (exact) mass is 178 g/mol. The average Bonchev–Trinajstić information content (AvgIpc) is 2.04. The molecule has 1 aromatic rings. The van der Waals surface area contributed by atoms with Crippen molar-refractivity contribution in [3.63, 3.8) is 0 Å². The summed E-state index contributed by atoms with van der Waals surface area (Å²) in [5, 5.41) is 2.80. The van der Waals surface area contributed by atoms with Crippen LogP contribution in [0.5, 0.6) is 0 Å². The van der Waals surface area contributed by atoms with Gasteiger partial charge in [-0.1, -0.05) is 12.1 Å².